The summed E-state index contributed by atoms with van der Waals surface area (Å²) in [5.74, 6) is -4.80. The highest BCUT2D eigenvalue weighted by atomic mass is 32.2. The van der Waals surface area contributed by atoms with Crippen molar-refractivity contribution in [3.05, 3.63) is 29.3 Å². The van der Waals surface area contributed by atoms with Gasteiger partial charge in [0.25, 0.3) is 0 Å². The highest BCUT2D eigenvalue weighted by Gasteiger charge is 2.31. The van der Waals surface area contributed by atoms with Crippen LogP contribution in [0, 0.1) is 11.6 Å². The van der Waals surface area contributed by atoms with Crippen LogP contribution in [0.1, 0.15) is 44.0 Å². The van der Waals surface area contributed by atoms with Crippen LogP contribution in [0.25, 0.3) is 0 Å². The van der Waals surface area contributed by atoms with Gasteiger partial charge in [-0.1, -0.05) is 13.3 Å². The Morgan fingerprint density at radius 1 is 1.33 bits per heavy atom. The molecule has 118 valence electrons. The van der Waals surface area contributed by atoms with Crippen LogP contribution < -0.4 is 4.72 Å². The number of carboxylic acids is 1. The molecule has 0 amide bonds. The van der Waals surface area contributed by atoms with Crippen molar-refractivity contribution in [2.45, 2.75) is 44.0 Å². The molecule has 1 rings (SSSR count). The standard InChI is InChI=1S/C13H17F2NO4S/c1-4-7-13(2,3)16-21(19,20)9-6-5-8(14)10(11(9)15)12(17)18/h5-6,16H,4,7H2,1-3H3,(H,17,18). The molecule has 0 heterocycles. The van der Waals surface area contributed by atoms with Crippen molar-refractivity contribution < 1.29 is 27.1 Å². The van der Waals surface area contributed by atoms with E-state index in [2.05, 4.69) is 4.72 Å². The zero-order valence-electron chi connectivity index (χ0n) is 11.9. The van der Waals surface area contributed by atoms with Gasteiger partial charge in [-0.25, -0.2) is 26.7 Å². The van der Waals surface area contributed by atoms with Gasteiger partial charge in [0.1, 0.15) is 16.3 Å². The van der Waals surface area contributed by atoms with Crippen molar-refractivity contribution >= 4 is 16.0 Å². The van der Waals surface area contributed by atoms with Gasteiger partial charge in [0, 0.05) is 5.54 Å². The number of nitrogens with one attached hydrogen (secondary N) is 1. The van der Waals surface area contributed by atoms with Crippen LogP contribution in [-0.4, -0.2) is 25.0 Å². The van der Waals surface area contributed by atoms with E-state index in [-0.39, 0.29) is 0 Å². The molecule has 0 unspecified atom stereocenters. The number of rotatable bonds is 6. The second kappa shape index (κ2) is 6.07. The SMILES string of the molecule is CCCC(C)(C)NS(=O)(=O)c1ccc(F)c(C(=O)O)c1F. The molecule has 0 saturated heterocycles. The molecular formula is C13H17F2NO4S. The van der Waals surface area contributed by atoms with Crippen molar-refractivity contribution in [2.75, 3.05) is 0 Å². The fourth-order valence-corrected chi connectivity index (χ4v) is 3.56. The zero-order valence-corrected chi connectivity index (χ0v) is 12.7. The average molecular weight is 321 g/mol. The molecule has 0 fully saturated rings. The maximum Gasteiger partial charge on any atom is 0.341 e. The van der Waals surface area contributed by atoms with Crippen LogP contribution in [0.3, 0.4) is 0 Å². The summed E-state index contributed by atoms with van der Waals surface area (Å²) in [4.78, 5) is 9.93. The molecule has 0 aliphatic heterocycles. The minimum Gasteiger partial charge on any atom is -0.477 e. The molecule has 0 aliphatic rings. The van der Waals surface area contributed by atoms with Crippen molar-refractivity contribution in [2.24, 2.45) is 0 Å². The van der Waals surface area contributed by atoms with Gasteiger partial charge >= 0.3 is 5.97 Å². The Kier molecular flexibility index (Phi) is 5.06. The number of hydrogen-bond acceptors (Lipinski definition) is 3. The summed E-state index contributed by atoms with van der Waals surface area (Å²) >= 11 is 0. The molecule has 21 heavy (non-hydrogen) atoms. The Hall–Kier alpha value is -1.54. The number of benzene rings is 1. The third-order valence-corrected chi connectivity index (χ3v) is 4.56. The number of sulfonamides is 1. The molecular weight excluding hydrogens is 304 g/mol. The molecule has 0 aliphatic carbocycles. The third-order valence-electron chi connectivity index (χ3n) is 2.84. The Bertz CT molecular complexity index is 656. The molecule has 0 aromatic heterocycles. The first kappa shape index (κ1) is 17.5. The van der Waals surface area contributed by atoms with Gasteiger partial charge in [-0.05, 0) is 32.4 Å². The molecule has 0 atom stereocenters. The quantitative estimate of drug-likeness (QED) is 0.843. The summed E-state index contributed by atoms with van der Waals surface area (Å²) in [5.41, 5.74) is -2.12. The predicted molar refractivity (Wildman–Crippen MR) is 72.6 cm³/mol. The summed E-state index contributed by atoms with van der Waals surface area (Å²) in [6.07, 6.45) is 1.20. The van der Waals surface area contributed by atoms with Gasteiger partial charge in [-0.15, -0.1) is 0 Å². The van der Waals surface area contributed by atoms with E-state index in [1.54, 1.807) is 13.8 Å². The number of carboxylic acid groups (broad SMARTS) is 1. The topological polar surface area (TPSA) is 83.5 Å². The Balaban J connectivity index is 3.34. The van der Waals surface area contributed by atoms with Crippen LogP contribution in [0.2, 0.25) is 0 Å². The van der Waals surface area contributed by atoms with Gasteiger partial charge in [-0.2, -0.15) is 0 Å². The lowest BCUT2D eigenvalue weighted by atomic mass is 10.0. The minimum absolute atomic E-state index is 0.501. The van der Waals surface area contributed by atoms with Gasteiger partial charge in [0.2, 0.25) is 10.0 Å². The lowest BCUT2D eigenvalue weighted by molar-refractivity contribution is 0.0685. The Labute approximate surface area is 122 Å². The second-order valence-electron chi connectivity index (χ2n) is 5.28. The Morgan fingerprint density at radius 3 is 2.38 bits per heavy atom. The van der Waals surface area contributed by atoms with Gasteiger partial charge in [-0.3, -0.25) is 0 Å². The van der Waals surface area contributed by atoms with E-state index in [1.165, 1.54) is 0 Å². The summed E-state index contributed by atoms with van der Waals surface area (Å²) in [5, 5.41) is 8.76. The molecule has 0 saturated carbocycles. The fourth-order valence-electron chi connectivity index (χ4n) is 2.03. The van der Waals surface area contributed by atoms with Crippen LogP contribution in [-0.2, 0) is 10.0 Å². The molecule has 2 N–H and O–H groups in total. The van der Waals surface area contributed by atoms with E-state index in [4.69, 9.17) is 5.11 Å². The second-order valence-corrected chi connectivity index (χ2v) is 6.93. The van der Waals surface area contributed by atoms with Crippen molar-refractivity contribution in [3.8, 4) is 0 Å². The highest BCUT2D eigenvalue weighted by molar-refractivity contribution is 7.89. The number of carbonyl (C=O) groups is 1. The lowest BCUT2D eigenvalue weighted by Gasteiger charge is -2.25. The summed E-state index contributed by atoms with van der Waals surface area (Å²) < 4.78 is 53.9. The molecule has 0 spiro atoms. The van der Waals surface area contributed by atoms with Gasteiger partial charge in [0.05, 0.1) is 0 Å². The smallest absolute Gasteiger partial charge is 0.341 e. The van der Waals surface area contributed by atoms with E-state index in [9.17, 15) is 22.0 Å². The number of hydrogen-bond donors (Lipinski definition) is 2. The molecule has 0 bridgehead atoms. The summed E-state index contributed by atoms with van der Waals surface area (Å²) in [7, 11) is -4.30. The molecule has 5 nitrogen and oxygen atoms in total. The maximum atomic E-state index is 14.0. The monoisotopic (exact) mass is 321 g/mol. The van der Waals surface area contributed by atoms with Crippen molar-refractivity contribution in [1.29, 1.82) is 0 Å². The van der Waals surface area contributed by atoms with Crippen molar-refractivity contribution in [1.82, 2.24) is 4.72 Å². The third kappa shape index (κ3) is 3.98. The largest absolute Gasteiger partial charge is 0.477 e. The van der Waals surface area contributed by atoms with Crippen molar-refractivity contribution in [3.63, 3.8) is 0 Å². The summed E-state index contributed by atoms with van der Waals surface area (Å²) in [6.45, 7) is 5.10. The first-order valence-electron chi connectivity index (χ1n) is 6.27. The van der Waals surface area contributed by atoms with Crippen LogP contribution in [0.5, 0.6) is 0 Å². The van der Waals surface area contributed by atoms with Crippen LogP contribution in [0.15, 0.2) is 17.0 Å². The average Bonchev–Trinajstić information content (AvgIpc) is 2.25. The highest BCUT2D eigenvalue weighted by Crippen LogP contribution is 2.23. The fraction of sp³-hybridized carbons (Fsp3) is 0.462. The van der Waals surface area contributed by atoms with E-state index in [0.717, 1.165) is 0 Å². The summed E-state index contributed by atoms with van der Waals surface area (Å²) in [6, 6.07) is 1.33. The molecule has 8 heteroatoms. The molecule has 0 radical (unpaired) electrons. The lowest BCUT2D eigenvalue weighted by Crippen LogP contribution is -2.43. The van der Waals surface area contributed by atoms with Crippen LogP contribution in [0.4, 0.5) is 8.78 Å². The van der Waals surface area contributed by atoms with Gasteiger partial charge in [0.15, 0.2) is 5.82 Å². The van der Waals surface area contributed by atoms with E-state index >= 15 is 0 Å². The normalized spacial score (nSPS) is 12.4. The maximum absolute atomic E-state index is 14.0. The van der Waals surface area contributed by atoms with E-state index < -0.39 is 43.6 Å². The van der Waals surface area contributed by atoms with Gasteiger partial charge < -0.3 is 5.11 Å². The molecule has 1 aromatic rings. The predicted octanol–water partition coefficient (Wildman–Crippen LogP) is 2.52. The Morgan fingerprint density at radius 2 is 1.90 bits per heavy atom. The number of halogens is 2. The minimum atomic E-state index is -4.30. The first-order valence-corrected chi connectivity index (χ1v) is 7.75. The van der Waals surface area contributed by atoms with E-state index in [0.29, 0.717) is 25.0 Å². The molecule has 1 aromatic carbocycles. The zero-order chi connectivity index (χ0) is 16.4. The van der Waals surface area contributed by atoms with E-state index in [1.807, 2.05) is 6.92 Å². The number of aromatic carboxylic acids is 1. The first-order chi connectivity index (χ1) is 9.52. The van der Waals surface area contributed by atoms with Crippen LogP contribution >= 0.6 is 0 Å².